The highest BCUT2D eigenvalue weighted by atomic mass is 16.1. The summed E-state index contributed by atoms with van der Waals surface area (Å²) >= 11 is 0. The number of nitrogens with zero attached hydrogens (tertiary/aromatic N) is 1. The van der Waals surface area contributed by atoms with Crippen molar-refractivity contribution >= 4 is 11.5 Å². The molecule has 2 nitrogen and oxygen atoms in total. The zero-order valence-electron chi connectivity index (χ0n) is 8.14. The van der Waals surface area contributed by atoms with Gasteiger partial charge in [-0.3, -0.25) is 9.79 Å². The standard InChI is InChI=1S/C10H15NO/c1-6-5-10(9(4)12)8(3)11-7(6)2/h6H,5H2,1-4H3/t6-/m0/s1. The molecule has 0 radical (unpaired) electrons. The largest absolute Gasteiger partial charge is 0.295 e. The van der Waals surface area contributed by atoms with Crippen LogP contribution in [-0.2, 0) is 4.79 Å². The summed E-state index contributed by atoms with van der Waals surface area (Å²) < 4.78 is 0. The van der Waals surface area contributed by atoms with E-state index in [-0.39, 0.29) is 5.78 Å². The maximum Gasteiger partial charge on any atom is 0.157 e. The van der Waals surface area contributed by atoms with Crippen LogP contribution >= 0.6 is 0 Å². The van der Waals surface area contributed by atoms with E-state index in [9.17, 15) is 4.79 Å². The third kappa shape index (κ3) is 1.63. The molecule has 0 N–H and O–H groups in total. The lowest BCUT2D eigenvalue weighted by Gasteiger charge is -2.19. The molecule has 0 saturated heterocycles. The second-order valence-corrected chi connectivity index (χ2v) is 3.48. The van der Waals surface area contributed by atoms with Gasteiger partial charge in [-0.1, -0.05) is 6.92 Å². The van der Waals surface area contributed by atoms with E-state index in [2.05, 4.69) is 11.9 Å². The van der Waals surface area contributed by atoms with Crippen molar-refractivity contribution in [3.63, 3.8) is 0 Å². The molecule has 12 heavy (non-hydrogen) atoms. The number of rotatable bonds is 1. The summed E-state index contributed by atoms with van der Waals surface area (Å²) in [6.45, 7) is 7.65. The normalized spacial score (nSPS) is 24.0. The summed E-state index contributed by atoms with van der Waals surface area (Å²) in [6, 6.07) is 0. The summed E-state index contributed by atoms with van der Waals surface area (Å²) in [5.41, 5.74) is 2.93. The van der Waals surface area contributed by atoms with Crippen molar-refractivity contribution in [3.8, 4) is 0 Å². The first-order valence-electron chi connectivity index (χ1n) is 4.28. The smallest absolute Gasteiger partial charge is 0.157 e. The fourth-order valence-corrected chi connectivity index (χ4v) is 1.44. The van der Waals surface area contributed by atoms with E-state index in [0.29, 0.717) is 5.92 Å². The Kier molecular flexibility index (Phi) is 2.46. The van der Waals surface area contributed by atoms with Crippen molar-refractivity contribution in [1.29, 1.82) is 0 Å². The minimum atomic E-state index is 0.163. The first kappa shape index (κ1) is 9.17. The molecule has 0 aromatic carbocycles. The summed E-state index contributed by atoms with van der Waals surface area (Å²) in [6.07, 6.45) is 0.858. The number of carbonyl (C=O) groups is 1. The lowest BCUT2D eigenvalue weighted by molar-refractivity contribution is -0.113. The summed E-state index contributed by atoms with van der Waals surface area (Å²) in [7, 11) is 0. The Morgan fingerprint density at radius 2 is 2.08 bits per heavy atom. The Bertz CT molecular complexity index is 274. The second-order valence-electron chi connectivity index (χ2n) is 3.48. The SMILES string of the molecule is CC(=O)C1=C(C)N=C(C)[C@@H](C)C1. The van der Waals surface area contributed by atoms with Crippen molar-refractivity contribution < 1.29 is 4.79 Å². The molecule has 1 aliphatic heterocycles. The molecule has 0 aromatic rings. The molecule has 2 heteroatoms. The number of aliphatic imine (C=N–C) groups is 1. The molecule has 1 aliphatic rings. The molecule has 0 bridgehead atoms. The van der Waals surface area contributed by atoms with Gasteiger partial charge in [-0.15, -0.1) is 0 Å². The van der Waals surface area contributed by atoms with Crippen molar-refractivity contribution in [1.82, 2.24) is 0 Å². The highest BCUT2D eigenvalue weighted by Gasteiger charge is 2.18. The molecule has 0 aliphatic carbocycles. The average molecular weight is 165 g/mol. The van der Waals surface area contributed by atoms with Crippen LogP contribution in [0.2, 0.25) is 0 Å². The molecule has 1 rings (SSSR count). The first-order valence-corrected chi connectivity index (χ1v) is 4.28. The van der Waals surface area contributed by atoms with Crippen molar-refractivity contribution in [2.45, 2.75) is 34.1 Å². The fourth-order valence-electron chi connectivity index (χ4n) is 1.44. The highest BCUT2D eigenvalue weighted by Crippen LogP contribution is 2.23. The molecule has 0 amide bonds. The van der Waals surface area contributed by atoms with E-state index >= 15 is 0 Å². The first-order chi connectivity index (χ1) is 5.52. The topological polar surface area (TPSA) is 29.4 Å². The highest BCUT2D eigenvalue weighted by molar-refractivity contribution is 5.97. The van der Waals surface area contributed by atoms with Crippen molar-refractivity contribution in [3.05, 3.63) is 11.3 Å². The van der Waals surface area contributed by atoms with E-state index in [1.54, 1.807) is 6.92 Å². The van der Waals surface area contributed by atoms with Gasteiger partial charge in [-0.2, -0.15) is 0 Å². The maximum atomic E-state index is 11.1. The van der Waals surface area contributed by atoms with Gasteiger partial charge in [0.25, 0.3) is 0 Å². The van der Waals surface area contributed by atoms with Crippen LogP contribution in [0.3, 0.4) is 0 Å². The van der Waals surface area contributed by atoms with Gasteiger partial charge in [-0.05, 0) is 33.1 Å². The van der Waals surface area contributed by atoms with E-state index < -0.39 is 0 Å². The van der Waals surface area contributed by atoms with Gasteiger partial charge in [0.2, 0.25) is 0 Å². The lowest BCUT2D eigenvalue weighted by atomic mass is 9.91. The van der Waals surface area contributed by atoms with Crippen LogP contribution in [0.1, 0.15) is 34.1 Å². The van der Waals surface area contributed by atoms with Gasteiger partial charge in [-0.25, -0.2) is 0 Å². The van der Waals surface area contributed by atoms with Crippen LogP contribution in [0, 0.1) is 5.92 Å². The van der Waals surface area contributed by atoms with Crippen molar-refractivity contribution in [2.24, 2.45) is 10.9 Å². The number of allylic oxidation sites excluding steroid dienone is 2. The predicted octanol–water partition coefficient (Wildman–Crippen LogP) is 2.35. The van der Waals surface area contributed by atoms with Crippen LogP contribution in [-0.4, -0.2) is 11.5 Å². The zero-order chi connectivity index (χ0) is 9.30. The molecular formula is C10H15NO. The van der Waals surface area contributed by atoms with Gasteiger partial charge >= 0.3 is 0 Å². The van der Waals surface area contributed by atoms with E-state index in [1.165, 1.54) is 0 Å². The molecule has 0 unspecified atom stereocenters. The Hall–Kier alpha value is -0.920. The number of hydrogen-bond donors (Lipinski definition) is 0. The maximum absolute atomic E-state index is 11.1. The van der Waals surface area contributed by atoms with Gasteiger partial charge in [0.05, 0.1) is 0 Å². The number of hydrogen-bond acceptors (Lipinski definition) is 2. The van der Waals surface area contributed by atoms with Gasteiger partial charge in [0, 0.05) is 17.0 Å². The van der Waals surface area contributed by atoms with Crippen molar-refractivity contribution in [2.75, 3.05) is 0 Å². The minimum Gasteiger partial charge on any atom is -0.295 e. The predicted molar refractivity (Wildman–Crippen MR) is 50.3 cm³/mol. The van der Waals surface area contributed by atoms with Crippen LogP contribution < -0.4 is 0 Å². The van der Waals surface area contributed by atoms with Crippen LogP contribution in [0.4, 0.5) is 0 Å². The van der Waals surface area contributed by atoms with Gasteiger partial charge in [0.15, 0.2) is 5.78 Å². The molecular weight excluding hydrogens is 150 g/mol. The Balaban J connectivity index is 3.01. The molecule has 1 atom stereocenters. The van der Waals surface area contributed by atoms with Gasteiger partial charge in [0.1, 0.15) is 0 Å². The van der Waals surface area contributed by atoms with E-state index in [1.807, 2.05) is 13.8 Å². The Labute approximate surface area is 73.4 Å². The molecule has 66 valence electrons. The minimum absolute atomic E-state index is 0.163. The Morgan fingerprint density at radius 1 is 1.50 bits per heavy atom. The monoisotopic (exact) mass is 165 g/mol. The Morgan fingerprint density at radius 3 is 2.58 bits per heavy atom. The second kappa shape index (κ2) is 3.21. The molecule has 0 spiro atoms. The van der Waals surface area contributed by atoms with Gasteiger partial charge < -0.3 is 0 Å². The zero-order valence-corrected chi connectivity index (χ0v) is 8.14. The summed E-state index contributed by atoms with van der Waals surface area (Å²) in [4.78, 5) is 15.5. The number of Topliss-reactive ketones (excluding diaryl/α,β-unsaturated/α-hetero) is 1. The van der Waals surface area contributed by atoms with Crippen LogP contribution in [0.5, 0.6) is 0 Å². The third-order valence-electron chi connectivity index (χ3n) is 2.43. The average Bonchev–Trinajstić information content (AvgIpc) is 1.96. The van der Waals surface area contributed by atoms with Crippen LogP contribution in [0.25, 0.3) is 0 Å². The van der Waals surface area contributed by atoms with E-state index in [0.717, 1.165) is 23.4 Å². The van der Waals surface area contributed by atoms with Crippen LogP contribution in [0.15, 0.2) is 16.3 Å². The lowest BCUT2D eigenvalue weighted by Crippen LogP contribution is -2.16. The summed E-state index contributed by atoms with van der Waals surface area (Å²) in [5.74, 6) is 0.586. The molecule has 1 heterocycles. The van der Waals surface area contributed by atoms with E-state index in [4.69, 9.17) is 0 Å². The third-order valence-corrected chi connectivity index (χ3v) is 2.43. The molecule has 0 fully saturated rings. The number of carbonyl (C=O) groups excluding carboxylic acids is 1. The fraction of sp³-hybridized carbons (Fsp3) is 0.600. The quantitative estimate of drug-likeness (QED) is 0.586. The molecule has 0 aromatic heterocycles. The molecule has 0 saturated carbocycles. The number of ketones is 1. The summed E-state index contributed by atoms with van der Waals surface area (Å²) in [5, 5.41) is 0.